The van der Waals surface area contributed by atoms with E-state index in [1.54, 1.807) is 6.92 Å². The lowest BCUT2D eigenvalue weighted by Crippen LogP contribution is -2.37. The van der Waals surface area contributed by atoms with Crippen LogP contribution in [-0.2, 0) is 23.4 Å². The van der Waals surface area contributed by atoms with E-state index in [0.29, 0.717) is 0 Å². The molecule has 4 atom stereocenters. The number of amides is 1. The van der Waals surface area contributed by atoms with Crippen LogP contribution in [0.15, 0.2) is 15.8 Å². The number of alkyl halides is 3. The van der Waals surface area contributed by atoms with Gasteiger partial charge in [0.1, 0.15) is 23.3 Å². The maximum Gasteiger partial charge on any atom is 0.471 e. The zero-order valence-corrected chi connectivity index (χ0v) is 20.6. The van der Waals surface area contributed by atoms with Crippen LogP contribution in [0.1, 0.15) is 25.1 Å². The van der Waals surface area contributed by atoms with E-state index in [-0.39, 0.29) is 17.4 Å². The molecule has 18 heteroatoms. The second-order valence-corrected chi connectivity index (χ2v) is 10.9. The maximum atomic E-state index is 12.4. The van der Waals surface area contributed by atoms with Gasteiger partial charge in [-0.1, -0.05) is 33.4 Å². The molecule has 2 rings (SSSR count). The Morgan fingerprint density at radius 3 is 2.74 bits per heavy atom. The van der Waals surface area contributed by atoms with Crippen molar-refractivity contribution in [3.8, 4) is 11.8 Å². The molecule has 1 aliphatic heterocycles. The van der Waals surface area contributed by atoms with E-state index in [4.69, 9.17) is 19.3 Å². The Morgan fingerprint density at radius 2 is 2.14 bits per heavy atom. The molecule has 0 bridgehead atoms. The SMILES string of the molecule is CSS[C@@H](C)O[C@@H]1C[C@H](n2cc(C#CCNC(=O)C(F)(F)F)c(=O)[nH]c2=O)O[C@@H]1COP(=O)(O)O. The topological polar surface area (TPSA) is 169 Å². The van der Waals surface area contributed by atoms with Gasteiger partial charge in [0.15, 0.2) is 0 Å². The van der Waals surface area contributed by atoms with Gasteiger partial charge in [0.05, 0.1) is 19.3 Å². The van der Waals surface area contributed by atoms with E-state index in [9.17, 15) is 32.1 Å². The first-order chi connectivity index (χ1) is 16.2. The van der Waals surface area contributed by atoms with Gasteiger partial charge in [-0.05, 0) is 13.2 Å². The van der Waals surface area contributed by atoms with Crippen LogP contribution in [0.3, 0.4) is 0 Å². The molecule has 0 unspecified atom stereocenters. The van der Waals surface area contributed by atoms with Gasteiger partial charge in [0.25, 0.3) is 5.56 Å². The normalized spacial score (nSPS) is 21.3. The first-order valence-corrected chi connectivity index (χ1v) is 13.8. The average molecular weight is 563 g/mol. The molecule has 196 valence electrons. The third-order valence-electron chi connectivity index (χ3n) is 4.28. The van der Waals surface area contributed by atoms with E-state index >= 15 is 0 Å². The van der Waals surface area contributed by atoms with Crippen LogP contribution in [-0.4, -0.2) is 68.5 Å². The number of aromatic amines is 1. The van der Waals surface area contributed by atoms with E-state index in [2.05, 4.69) is 16.4 Å². The summed E-state index contributed by atoms with van der Waals surface area (Å²) >= 11 is 0. The summed E-state index contributed by atoms with van der Waals surface area (Å²) in [6.07, 6.45) is -4.98. The minimum Gasteiger partial charge on any atom is -0.361 e. The number of hydrogen-bond donors (Lipinski definition) is 4. The molecule has 1 saturated heterocycles. The molecule has 1 aromatic heterocycles. The number of rotatable bonds is 9. The highest BCUT2D eigenvalue weighted by atomic mass is 33.1. The Balaban J connectivity index is 2.23. The van der Waals surface area contributed by atoms with Crippen molar-refractivity contribution in [1.29, 1.82) is 0 Å². The minimum atomic E-state index is -5.09. The Morgan fingerprint density at radius 1 is 1.46 bits per heavy atom. The number of aromatic nitrogens is 2. The van der Waals surface area contributed by atoms with Crippen LogP contribution in [0.25, 0.3) is 0 Å². The lowest BCUT2D eigenvalue weighted by Gasteiger charge is -2.22. The van der Waals surface area contributed by atoms with Crippen molar-refractivity contribution in [2.24, 2.45) is 0 Å². The van der Waals surface area contributed by atoms with Gasteiger partial charge in [-0.3, -0.25) is 23.7 Å². The standard InChI is InChI=1S/C17H21F3N3O9PS2/c1-9(35-34-2)31-11-6-13(32-12(11)8-30-33(27,28)29)23-7-10(14(24)22-16(23)26)4-3-5-21-15(25)17(18,19)20/h7,9,11-13H,5-6,8H2,1-2H3,(H,21,25)(H,22,24,26)(H2,27,28,29)/t9-,11+,12+,13+/m0/s1. The third kappa shape index (κ3) is 9.32. The van der Waals surface area contributed by atoms with Crippen molar-refractivity contribution in [2.45, 2.75) is 43.4 Å². The largest absolute Gasteiger partial charge is 0.471 e. The minimum absolute atomic E-state index is 0.0366. The summed E-state index contributed by atoms with van der Waals surface area (Å²) in [5.41, 5.74) is -2.46. The first kappa shape index (κ1) is 29.5. The first-order valence-electron chi connectivity index (χ1n) is 9.61. The van der Waals surface area contributed by atoms with Gasteiger partial charge in [-0.25, -0.2) is 9.36 Å². The summed E-state index contributed by atoms with van der Waals surface area (Å²) in [4.78, 5) is 55.2. The van der Waals surface area contributed by atoms with Gasteiger partial charge in [-0.15, -0.1) is 0 Å². The van der Waals surface area contributed by atoms with Crippen LogP contribution >= 0.6 is 29.4 Å². The van der Waals surface area contributed by atoms with E-state index < -0.39 is 62.7 Å². The van der Waals surface area contributed by atoms with Gasteiger partial charge in [0, 0.05) is 12.6 Å². The number of phosphoric acid groups is 1. The summed E-state index contributed by atoms with van der Waals surface area (Å²) in [7, 11) is -2.02. The van der Waals surface area contributed by atoms with E-state index in [0.717, 1.165) is 10.8 Å². The fourth-order valence-corrected chi connectivity index (χ4v) is 4.64. The zero-order valence-electron chi connectivity index (χ0n) is 18.1. The molecule has 0 saturated carbocycles. The summed E-state index contributed by atoms with van der Waals surface area (Å²) in [6, 6.07) is 0. The number of phosphoric ester groups is 1. The van der Waals surface area contributed by atoms with Crippen molar-refractivity contribution < 1.29 is 46.3 Å². The smallest absolute Gasteiger partial charge is 0.361 e. The molecule has 0 aromatic carbocycles. The second kappa shape index (κ2) is 12.5. The number of hydrogen-bond acceptors (Lipinski definition) is 9. The van der Waals surface area contributed by atoms with Crippen LogP contribution in [0.2, 0.25) is 0 Å². The molecule has 2 heterocycles. The zero-order chi connectivity index (χ0) is 26.4. The number of carbonyl (C=O) groups is 1. The number of nitrogens with zero attached hydrogens (tertiary/aromatic N) is 1. The van der Waals surface area contributed by atoms with Crippen LogP contribution < -0.4 is 16.6 Å². The van der Waals surface area contributed by atoms with Gasteiger partial charge < -0.3 is 24.6 Å². The highest BCUT2D eigenvalue weighted by Gasteiger charge is 2.40. The van der Waals surface area contributed by atoms with Crippen LogP contribution in [0.5, 0.6) is 0 Å². The van der Waals surface area contributed by atoms with Crippen molar-refractivity contribution >= 4 is 35.3 Å². The quantitative estimate of drug-likeness (QED) is 0.144. The predicted molar refractivity (Wildman–Crippen MR) is 119 cm³/mol. The third-order valence-corrected chi connectivity index (χ3v) is 6.73. The van der Waals surface area contributed by atoms with Crippen molar-refractivity contribution in [3.05, 3.63) is 32.6 Å². The lowest BCUT2D eigenvalue weighted by molar-refractivity contribution is -0.173. The summed E-state index contributed by atoms with van der Waals surface area (Å²) in [6.45, 7) is 0.484. The number of halogens is 3. The molecular weight excluding hydrogens is 542 g/mol. The molecule has 35 heavy (non-hydrogen) atoms. The fraction of sp³-hybridized carbons (Fsp3) is 0.588. The lowest BCUT2D eigenvalue weighted by atomic mass is 10.2. The van der Waals surface area contributed by atoms with Gasteiger partial charge in [-0.2, -0.15) is 13.2 Å². The van der Waals surface area contributed by atoms with Crippen molar-refractivity contribution in [1.82, 2.24) is 14.9 Å². The molecule has 1 amide bonds. The Hall–Kier alpha value is -1.77. The molecule has 0 radical (unpaired) electrons. The monoisotopic (exact) mass is 563 g/mol. The molecule has 1 aromatic rings. The van der Waals surface area contributed by atoms with Crippen LogP contribution in [0.4, 0.5) is 13.2 Å². The Bertz CT molecular complexity index is 1130. The van der Waals surface area contributed by atoms with Crippen LogP contribution in [0, 0.1) is 11.8 Å². The summed E-state index contributed by atoms with van der Waals surface area (Å²) in [5.74, 6) is 2.25. The molecule has 0 aliphatic carbocycles. The predicted octanol–water partition coefficient (Wildman–Crippen LogP) is 0.706. The highest BCUT2D eigenvalue weighted by molar-refractivity contribution is 8.76. The summed E-state index contributed by atoms with van der Waals surface area (Å²) < 4.78 is 64.7. The second-order valence-electron chi connectivity index (χ2n) is 6.85. The molecule has 1 fully saturated rings. The molecular formula is C17H21F3N3O9PS2. The number of carbonyl (C=O) groups excluding carboxylic acids is 1. The van der Waals surface area contributed by atoms with Gasteiger partial charge in [0.2, 0.25) is 0 Å². The van der Waals surface area contributed by atoms with Crippen molar-refractivity contribution in [2.75, 3.05) is 19.4 Å². The van der Waals surface area contributed by atoms with E-state index in [1.807, 2.05) is 11.2 Å². The number of ether oxygens (including phenoxy) is 2. The highest BCUT2D eigenvalue weighted by Crippen LogP contribution is 2.39. The molecule has 0 spiro atoms. The molecule has 4 N–H and O–H groups in total. The number of H-pyrrole nitrogens is 1. The Kier molecular flexibility index (Phi) is 10.5. The fourth-order valence-electron chi connectivity index (χ4n) is 2.89. The van der Waals surface area contributed by atoms with E-state index in [1.165, 1.54) is 26.9 Å². The van der Waals surface area contributed by atoms with Crippen molar-refractivity contribution in [3.63, 3.8) is 0 Å². The average Bonchev–Trinajstić information content (AvgIpc) is 3.12. The maximum absolute atomic E-state index is 12.4. The molecule has 12 nitrogen and oxygen atoms in total. The molecule has 1 aliphatic rings. The number of nitrogens with one attached hydrogen (secondary N) is 2. The summed E-state index contributed by atoms with van der Waals surface area (Å²) in [5, 5.41) is 1.52. The van der Waals surface area contributed by atoms with Gasteiger partial charge >= 0.3 is 25.6 Å². The Labute approximate surface area is 203 Å².